The number of nitrogens with zero attached hydrogens (tertiary/aromatic N) is 3. The van der Waals surface area contributed by atoms with Crippen LogP contribution in [0.15, 0.2) is 56.8 Å². The zero-order valence-electron chi connectivity index (χ0n) is 12.7. The van der Waals surface area contributed by atoms with Crippen molar-refractivity contribution in [2.24, 2.45) is 5.10 Å². The summed E-state index contributed by atoms with van der Waals surface area (Å²) in [6.07, 6.45) is 1.59. The van der Waals surface area contributed by atoms with E-state index in [0.717, 1.165) is 10.0 Å². The third-order valence-electron chi connectivity index (χ3n) is 3.42. The molecule has 0 N–H and O–H groups in total. The van der Waals surface area contributed by atoms with Gasteiger partial charge >= 0.3 is 0 Å². The SMILES string of the molecule is COc1ccc(Br)cc1/C=N/n1c(C)nc2ccccc2c1=O. The molecule has 0 radical (unpaired) electrons. The first kappa shape index (κ1) is 15.4. The normalized spacial score (nSPS) is 11.3. The van der Waals surface area contributed by atoms with Crippen LogP contribution in [-0.2, 0) is 0 Å². The molecule has 1 aromatic heterocycles. The summed E-state index contributed by atoms with van der Waals surface area (Å²) in [7, 11) is 1.59. The zero-order chi connectivity index (χ0) is 16.4. The highest BCUT2D eigenvalue weighted by Crippen LogP contribution is 2.21. The first-order valence-corrected chi connectivity index (χ1v) is 7.76. The second-order valence-corrected chi connectivity index (χ2v) is 5.84. The molecule has 3 aromatic rings. The Kier molecular flexibility index (Phi) is 4.25. The number of hydrogen-bond donors (Lipinski definition) is 0. The summed E-state index contributed by atoms with van der Waals surface area (Å²) in [6, 6.07) is 12.8. The van der Waals surface area contributed by atoms with Crippen LogP contribution >= 0.6 is 15.9 Å². The molecule has 0 aliphatic heterocycles. The fraction of sp³-hybridized carbons (Fsp3) is 0.118. The van der Waals surface area contributed by atoms with Crippen molar-refractivity contribution in [3.63, 3.8) is 0 Å². The second kappa shape index (κ2) is 6.34. The van der Waals surface area contributed by atoms with Gasteiger partial charge < -0.3 is 4.74 Å². The van der Waals surface area contributed by atoms with E-state index in [2.05, 4.69) is 26.0 Å². The van der Waals surface area contributed by atoms with E-state index in [0.29, 0.717) is 22.5 Å². The van der Waals surface area contributed by atoms with Crippen LogP contribution in [0.4, 0.5) is 0 Å². The first-order chi connectivity index (χ1) is 11.1. The van der Waals surface area contributed by atoms with Crippen LogP contribution in [0.2, 0.25) is 0 Å². The minimum atomic E-state index is -0.196. The van der Waals surface area contributed by atoms with Gasteiger partial charge in [0, 0.05) is 10.0 Å². The quantitative estimate of drug-likeness (QED) is 0.663. The number of aryl methyl sites for hydroxylation is 1. The third-order valence-corrected chi connectivity index (χ3v) is 3.91. The largest absolute Gasteiger partial charge is 0.496 e. The number of benzene rings is 2. The first-order valence-electron chi connectivity index (χ1n) is 6.96. The van der Waals surface area contributed by atoms with Crippen molar-refractivity contribution < 1.29 is 4.74 Å². The Labute approximate surface area is 141 Å². The van der Waals surface area contributed by atoms with Gasteiger partial charge in [-0.15, -0.1) is 0 Å². The maximum absolute atomic E-state index is 12.6. The van der Waals surface area contributed by atoms with Gasteiger partial charge in [-0.1, -0.05) is 28.1 Å². The molecule has 0 unspecified atom stereocenters. The number of ether oxygens (including phenoxy) is 1. The van der Waals surface area contributed by atoms with Crippen LogP contribution in [0, 0.1) is 6.92 Å². The Morgan fingerprint density at radius 1 is 1.26 bits per heavy atom. The van der Waals surface area contributed by atoms with E-state index in [4.69, 9.17) is 4.74 Å². The monoisotopic (exact) mass is 371 g/mol. The summed E-state index contributed by atoms with van der Waals surface area (Å²) in [5.74, 6) is 1.20. The Bertz CT molecular complexity index is 964. The molecular weight excluding hydrogens is 358 g/mol. The number of rotatable bonds is 3. The van der Waals surface area contributed by atoms with E-state index in [-0.39, 0.29) is 5.56 Å². The molecule has 0 spiro atoms. The molecule has 0 amide bonds. The van der Waals surface area contributed by atoms with Crippen molar-refractivity contribution >= 4 is 33.0 Å². The molecule has 0 aliphatic carbocycles. The molecule has 5 nitrogen and oxygen atoms in total. The highest BCUT2D eigenvalue weighted by atomic mass is 79.9. The van der Waals surface area contributed by atoms with E-state index in [1.807, 2.05) is 36.4 Å². The summed E-state index contributed by atoms with van der Waals surface area (Å²) in [5.41, 5.74) is 1.24. The predicted octanol–water partition coefficient (Wildman–Crippen LogP) is 3.36. The van der Waals surface area contributed by atoms with Crippen molar-refractivity contribution in [3.8, 4) is 5.75 Å². The van der Waals surface area contributed by atoms with Crippen LogP contribution < -0.4 is 10.3 Å². The van der Waals surface area contributed by atoms with E-state index in [1.54, 1.807) is 26.3 Å². The second-order valence-electron chi connectivity index (χ2n) is 4.92. The Morgan fingerprint density at radius 2 is 2.04 bits per heavy atom. The lowest BCUT2D eigenvalue weighted by molar-refractivity contribution is 0.414. The van der Waals surface area contributed by atoms with Crippen LogP contribution in [0.3, 0.4) is 0 Å². The van der Waals surface area contributed by atoms with Gasteiger partial charge in [0.05, 0.1) is 24.2 Å². The molecule has 0 bridgehead atoms. The molecule has 3 rings (SSSR count). The summed E-state index contributed by atoms with van der Waals surface area (Å²) < 4.78 is 7.50. The van der Waals surface area contributed by atoms with E-state index in [9.17, 15) is 4.79 Å². The highest BCUT2D eigenvalue weighted by molar-refractivity contribution is 9.10. The average molecular weight is 372 g/mol. The smallest absolute Gasteiger partial charge is 0.282 e. The van der Waals surface area contributed by atoms with Gasteiger partial charge in [-0.25, -0.2) is 4.98 Å². The summed E-state index contributed by atoms with van der Waals surface area (Å²) >= 11 is 3.42. The molecule has 0 fully saturated rings. The maximum atomic E-state index is 12.6. The van der Waals surface area contributed by atoms with Crippen LogP contribution in [0.25, 0.3) is 10.9 Å². The lowest BCUT2D eigenvalue weighted by atomic mass is 10.2. The number of fused-ring (bicyclic) bond motifs is 1. The van der Waals surface area contributed by atoms with Crippen molar-refractivity contribution in [3.05, 3.63) is 68.7 Å². The predicted molar refractivity (Wildman–Crippen MR) is 94.4 cm³/mol. The van der Waals surface area contributed by atoms with Crippen LogP contribution in [0.5, 0.6) is 5.75 Å². The summed E-state index contributed by atoms with van der Waals surface area (Å²) in [5, 5.41) is 4.83. The minimum absolute atomic E-state index is 0.196. The van der Waals surface area contributed by atoms with Gasteiger partial charge in [0.2, 0.25) is 0 Å². The van der Waals surface area contributed by atoms with Gasteiger partial charge in [-0.3, -0.25) is 4.79 Å². The number of halogens is 1. The van der Waals surface area contributed by atoms with Gasteiger partial charge in [-0.05, 0) is 37.3 Å². The Balaban J connectivity index is 2.12. The van der Waals surface area contributed by atoms with Crippen molar-refractivity contribution in [1.82, 2.24) is 9.66 Å². The molecule has 0 aliphatic rings. The van der Waals surface area contributed by atoms with E-state index in [1.165, 1.54) is 4.68 Å². The standard InChI is InChI=1S/C17H14BrN3O2/c1-11-20-15-6-4-3-5-14(15)17(22)21(11)19-10-12-9-13(18)7-8-16(12)23-2/h3-10H,1-2H3/b19-10+. The number of methoxy groups -OCH3 is 1. The number of aromatic nitrogens is 2. The van der Waals surface area contributed by atoms with Gasteiger partial charge in [0.25, 0.3) is 5.56 Å². The summed E-state index contributed by atoms with van der Waals surface area (Å²) in [4.78, 5) is 17.0. The molecule has 0 saturated heterocycles. The summed E-state index contributed by atoms with van der Waals surface area (Å²) in [6.45, 7) is 1.75. The van der Waals surface area contributed by atoms with E-state index >= 15 is 0 Å². The van der Waals surface area contributed by atoms with Crippen molar-refractivity contribution in [2.75, 3.05) is 7.11 Å². The number of para-hydroxylation sites is 1. The van der Waals surface area contributed by atoms with Crippen molar-refractivity contribution in [2.45, 2.75) is 6.92 Å². The molecule has 2 aromatic carbocycles. The van der Waals surface area contributed by atoms with E-state index < -0.39 is 0 Å². The fourth-order valence-corrected chi connectivity index (χ4v) is 2.68. The zero-order valence-corrected chi connectivity index (χ0v) is 14.2. The molecule has 6 heteroatoms. The highest BCUT2D eigenvalue weighted by Gasteiger charge is 2.07. The minimum Gasteiger partial charge on any atom is -0.496 e. The third kappa shape index (κ3) is 3.03. The molecule has 1 heterocycles. The molecule has 23 heavy (non-hydrogen) atoms. The lowest BCUT2D eigenvalue weighted by Gasteiger charge is -2.07. The van der Waals surface area contributed by atoms with Gasteiger partial charge in [-0.2, -0.15) is 9.78 Å². The molecular formula is C17H14BrN3O2. The lowest BCUT2D eigenvalue weighted by Crippen LogP contribution is -2.20. The molecule has 0 atom stereocenters. The van der Waals surface area contributed by atoms with Crippen LogP contribution in [-0.4, -0.2) is 23.0 Å². The topological polar surface area (TPSA) is 56.5 Å². The Hall–Kier alpha value is -2.47. The molecule has 116 valence electrons. The average Bonchev–Trinajstić information content (AvgIpc) is 2.55. The fourth-order valence-electron chi connectivity index (χ4n) is 2.30. The van der Waals surface area contributed by atoms with Crippen LogP contribution in [0.1, 0.15) is 11.4 Å². The number of hydrogen-bond acceptors (Lipinski definition) is 4. The molecule has 0 saturated carbocycles. The Morgan fingerprint density at radius 3 is 2.83 bits per heavy atom. The van der Waals surface area contributed by atoms with Crippen molar-refractivity contribution in [1.29, 1.82) is 0 Å². The van der Waals surface area contributed by atoms with Gasteiger partial charge in [0.15, 0.2) is 0 Å². The maximum Gasteiger partial charge on any atom is 0.282 e. The van der Waals surface area contributed by atoms with Gasteiger partial charge in [0.1, 0.15) is 11.6 Å².